The van der Waals surface area contributed by atoms with Crippen molar-refractivity contribution in [2.75, 3.05) is 17.2 Å². The van der Waals surface area contributed by atoms with E-state index in [0.29, 0.717) is 23.2 Å². The number of hydrogen-bond acceptors (Lipinski definition) is 2. The Hall–Kier alpha value is -1.84. The fourth-order valence-corrected chi connectivity index (χ4v) is 3.31. The molecule has 1 saturated carbocycles. The van der Waals surface area contributed by atoms with Crippen LogP contribution in [0.4, 0.5) is 15.8 Å². The van der Waals surface area contributed by atoms with Gasteiger partial charge in [-0.05, 0) is 48.8 Å². The van der Waals surface area contributed by atoms with Crippen molar-refractivity contribution in [3.63, 3.8) is 0 Å². The Balaban J connectivity index is 1.64. The lowest BCUT2D eigenvalue weighted by Gasteiger charge is -2.19. The van der Waals surface area contributed by atoms with Gasteiger partial charge in [0.15, 0.2) is 0 Å². The van der Waals surface area contributed by atoms with Gasteiger partial charge in [0.25, 0.3) is 0 Å². The maximum absolute atomic E-state index is 13.8. The second-order valence-corrected chi connectivity index (χ2v) is 5.80. The summed E-state index contributed by atoms with van der Waals surface area (Å²) in [6.45, 7) is 2.23. The van der Waals surface area contributed by atoms with E-state index in [2.05, 4.69) is 22.8 Å². The van der Waals surface area contributed by atoms with Gasteiger partial charge in [0.1, 0.15) is 5.82 Å². The fourth-order valence-electron chi connectivity index (χ4n) is 3.31. The molecule has 0 spiro atoms. The molecule has 1 aromatic carbocycles. The molecule has 2 aliphatic carbocycles. The van der Waals surface area contributed by atoms with Crippen LogP contribution in [0.1, 0.15) is 19.8 Å². The van der Waals surface area contributed by atoms with E-state index >= 15 is 0 Å². The quantitative estimate of drug-likeness (QED) is 0.826. The summed E-state index contributed by atoms with van der Waals surface area (Å²) in [6, 6.07) is 4.61. The Morgan fingerprint density at radius 3 is 2.85 bits per heavy atom. The van der Waals surface area contributed by atoms with E-state index in [9.17, 15) is 9.18 Å². The molecule has 0 radical (unpaired) electrons. The molecule has 2 aliphatic rings. The van der Waals surface area contributed by atoms with Gasteiger partial charge in [-0.15, -0.1) is 0 Å². The van der Waals surface area contributed by atoms with Gasteiger partial charge in [0, 0.05) is 19.2 Å². The molecule has 0 saturated heterocycles. The third-order valence-corrected chi connectivity index (χ3v) is 4.26. The van der Waals surface area contributed by atoms with Crippen LogP contribution < -0.4 is 10.6 Å². The van der Waals surface area contributed by atoms with Crippen molar-refractivity contribution in [2.24, 2.45) is 17.8 Å². The zero-order valence-corrected chi connectivity index (χ0v) is 11.5. The predicted octanol–water partition coefficient (Wildman–Crippen LogP) is 3.41. The van der Waals surface area contributed by atoms with Crippen LogP contribution in [0.5, 0.6) is 0 Å². The van der Waals surface area contributed by atoms with Crippen molar-refractivity contribution in [3.8, 4) is 0 Å². The molecule has 3 nitrogen and oxygen atoms in total. The molecule has 106 valence electrons. The zero-order valence-electron chi connectivity index (χ0n) is 11.5. The maximum atomic E-state index is 13.8. The number of halogens is 1. The van der Waals surface area contributed by atoms with E-state index in [1.165, 1.54) is 25.8 Å². The van der Waals surface area contributed by atoms with Crippen molar-refractivity contribution >= 4 is 17.3 Å². The number of amides is 1. The number of carbonyl (C=O) groups is 1. The smallest absolute Gasteiger partial charge is 0.221 e. The summed E-state index contributed by atoms with van der Waals surface area (Å²) in [5, 5.41) is 5.86. The molecule has 3 unspecified atom stereocenters. The summed E-state index contributed by atoms with van der Waals surface area (Å²) >= 11 is 0. The summed E-state index contributed by atoms with van der Waals surface area (Å²) < 4.78 is 13.8. The van der Waals surface area contributed by atoms with Gasteiger partial charge in [-0.3, -0.25) is 4.79 Å². The summed E-state index contributed by atoms with van der Waals surface area (Å²) in [7, 11) is 0. The van der Waals surface area contributed by atoms with Gasteiger partial charge < -0.3 is 10.6 Å². The Labute approximate surface area is 118 Å². The highest BCUT2D eigenvalue weighted by molar-refractivity contribution is 5.89. The normalized spacial score (nSPS) is 26.8. The second kappa shape index (κ2) is 5.27. The van der Waals surface area contributed by atoms with Gasteiger partial charge >= 0.3 is 0 Å². The SMILES string of the molecule is CC(=O)Nc1ccc(F)c(NCC2CC3C=CC2C3)c1. The van der Waals surface area contributed by atoms with Crippen molar-refractivity contribution < 1.29 is 9.18 Å². The number of allylic oxidation sites excluding steroid dienone is 2. The Morgan fingerprint density at radius 1 is 1.35 bits per heavy atom. The average Bonchev–Trinajstić information content (AvgIpc) is 3.01. The summed E-state index contributed by atoms with van der Waals surface area (Å²) in [5.74, 6) is 1.53. The van der Waals surface area contributed by atoms with Crippen LogP contribution >= 0.6 is 0 Å². The maximum Gasteiger partial charge on any atom is 0.221 e. The topological polar surface area (TPSA) is 41.1 Å². The molecular weight excluding hydrogens is 255 g/mol. The summed E-state index contributed by atoms with van der Waals surface area (Å²) in [4.78, 5) is 11.0. The Morgan fingerprint density at radius 2 is 2.20 bits per heavy atom. The number of anilines is 2. The molecule has 1 amide bonds. The zero-order chi connectivity index (χ0) is 14.1. The fraction of sp³-hybridized carbons (Fsp3) is 0.438. The molecule has 4 heteroatoms. The average molecular weight is 274 g/mol. The third-order valence-electron chi connectivity index (χ3n) is 4.26. The van der Waals surface area contributed by atoms with E-state index in [0.717, 1.165) is 12.5 Å². The summed E-state index contributed by atoms with van der Waals surface area (Å²) in [5.41, 5.74) is 1.08. The van der Waals surface area contributed by atoms with Gasteiger partial charge in [0.2, 0.25) is 5.91 Å². The molecule has 0 heterocycles. The lowest BCUT2D eigenvalue weighted by Crippen LogP contribution is -2.19. The van der Waals surface area contributed by atoms with Gasteiger partial charge in [-0.1, -0.05) is 12.2 Å². The number of fused-ring (bicyclic) bond motifs is 2. The Bertz CT molecular complexity index is 555. The van der Waals surface area contributed by atoms with Crippen LogP contribution in [0.2, 0.25) is 0 Å². The van der Waals surface area contributed by atoms with Crippen LogP contribution in [0.3, 0.4) is 0 Å². The minimum Gasteiger partial charge on any atom is -0.382 e. The molecule has 20 heavy (non-hydrogen) atoms. The first-order chi connectivity index (χ1) is 9.61. The molecule has 1 aromatic rings. The van der Waals surface area contributed by atoms with Crippen LogP contribution in [0, 0.1) is 23.6 Å². The van der Waals surface area contributed by atoms with Crippen molar-refractivity contribution in [1.82, 2.24) is 0 Å². The first-order valence-electron chi connectivity index (χ1n) is 7.11. The van der Waals surface area contributed by atoms with Crippen LogP contribution in [-0.4, -0.2) is 12.5 Å². The second-order valence-electron chi connectivity index (χ2n) is 5.80. The van der Waals surface area contributed by atoms with Gasteiger partial charge in [-0.25, -0.2) is 4.39 Å². The van der Waals surface area contributed by atoms with E-state index in [1.807, 2.05) is 0 Å². The standard InChI is InChI=1S/C16H19FN2O/c1-10(20)19-14-4-5-15(17)16(8-14)18-9-13-7-11-2-3-12(13)6-11/h2-5,8,11-13,18H,6-7,9H2,1H3,(H,19,20). The molecule has 2 bridgehead atoms. The molecule has 0 aliphatic heterocycles. The Kier molecular flexibility index (Phi) is 3.47. The van der Waals surface area contributed by atoms with Crippen LogP contribution in [0.15, 0.2) is 30.4 Å². The molecule has 1 fully saturated rings. The number of hydrogen-bond donors (Lipinski definition) is 2. The lowest BCUT2D eigenvalue weighted by molar-refractivity contribution is -0.114. The van der Waals surface area contributed by atoms with E-state index in [-0.39, 0.29) is 11.7 Å². The number of carbonyl (C=O) groups excluding carboxylic acids is 1. The first kappa shape index (κ1) is 13.2. The minimum atomic E-state index is -0.280. The van der Waals surface area contributed by atoms with Crippen LogP contribution in [0.25, 0.3) is 0 Å². The van der Waals surface area contributed by atoms with Gasteiger partial charge in [0.05, 0.1) is 5.69 Å². The molecule has 3 atom stereocenters. The highest BCUT2D eigenvalue weighted by Crippen LogP contribution is 2.43. The minimum absolute atomic E-state index is 0.152. The van der Waals surface area contributed by atoms with Gasteiger partial charge in [-0.2, -0.15) is 0 Å². The lowest BCUT2D eigenvalue weighted by atomic mass is 9.93. The largest absolute Gasteiger partial charge is 0.382 e. The van der Waals surface area contributed by atoms with Crippen molar-refractivity contribution in [1.29, 1.82) is 0 Å². The molecule has 0 aromatic heterocycles. The van der Waals surface area contributed by atoms with Crippen molar-refractivity contribution in [3.05, 3.63) is 36.2 Å². The van der Waals surface area contributed by atoms with Crippen molar-refractivity contribution in [2.45, 2.75) is 19.8 Å². The third kappa shape index (κ3) is 2.69. The molecular formula is C16H19FN2O. The molecule has 2 N–H and O–H groups in total. The summed E-state index contributed by atoms with van der Waals surface area (Å²) in [6.07, 6.45) is 7.05. The van der Waals surface area contributed by atoms with E-state index < -0.39 is 0 Å². The van der Waals surface area contributed by atoms with E-state index in [4.69, 9.17) is 0 Å². The molecule has 3 rings (SSSR count). The number of nitrogens with one attached hydrogen (secondary N) is 2. The first-order valence-corrected chi connectivity index (χ1v) is 7.11. The van der Waals surface area contributed by atoms with E-state index in [1.54, 1.807) is 12.1 Å². The van der Waals surface area contributed by atoms with Crippen LogP contribution in [-0.2, 0) is 4.79 Å². The monoisotopic (exact) mass is 274 g/mol. The highest BCUT2D eigenvalue weighted by Gasteiger charge is 2.35. The number of rotatable bonds is 4. The predicted molar refractivity (Wildman–Crippen MR) is 78.0 cm³/mol. The highest BCUT2D eigenvalue weighted by atomic mass is 19.1. The number of benzene rings is 1.